The third-order valence-electron chi connectivity index (χ3n) is 7.63. The number of carbonyl (C=O) groups excluding carboxylic acids is 1. The van der Waals surface area contributed by atoms with E-state index in [9.17, 15) is 4.79 Å². The number of nitrogens with zero attached hydrogens (tertiary/aromatic N) is 6. The molecule has 3 heterocycles. The van der Waals surface area contributed by atoms with E-state index < -0.39 is 0 Å². The molecule has 206 valence electrons. The zero-order valence-corrected chi connectivity index (χ0v) is 24.4. The molecule has 10 heteroatoms. The van der Waals surface area contributed by atoms with Crippen molar-refractivity contribution in [1.29, 1.82) is 0 Å². The number of hydrogen-bond donors (Lipinski definition) is 2. The van der Waals surface area contributed by atoms with Gasteiger partial charge in [-0.2, -0.15) is 4.98 Å². The molecule has 0 radical (unpaired) electrons. The molecule has 0 bridgehead atoms. The van der Waals surface area contributed by atoms with Gasteiger partial charge in [0.05, 0.1) is 12.4 Å². The molecule has 0 fully saturated rings. The Morgan fingerprint density at radius 1 is 1.31 bits per heavy atom. The van der Waals surface area contributed by atoms with Crippen molar-refractivity contribution in [3.63, 3.8) is 0 Å². The maximum atomic E-state index is 12.6. The molecule has 0 aromatic carbocycles. The van der Waals surface area contributed by atoms with Crippen LogP contribution < -0.4 is 11.2 Å². The second-order valence-corrected chi connectivity index (χ2v) is 11.4. The molecule has 3 aromatic rings. The SMILES string of the molecule is CC(C=CC=C(C)CCC1=C(C)C(n2ccnc2)CCC1(C)C)=CC(=O)Nn1cnc2c(=S)n(C)c(N)nc21. The Bertz CT molecular complexity index is 1550. The number of fused-ring (bicyclic) bond motifs is 1. The maximum Gasteiger partial charge on any atom is 0.263 e. The minimum absolute atomic E-state index is 0.205. The summed E-state index contributed by atoms with van der Waals surface area (Å²) in [5.41, 5.74) is 14.9. The molecule has 39 heavy (non-hydrogen) atoms. The van der Waals surface area contributed by atoms with Gasteiger partial charge in [0.1, 0.15) is 16.5 Å². The van der Waals surface area contributed by atoms with Gasteiger partial charge in [-0.25, -0.2) is 14.6 Å². The number of nitrogens with one attached hydrogen (secondary N) is 1. The summed E-state index contributed by atoms with van der Waals surface area (Å²) in [7, 11) is 1.73. The van der Waals surface area contributed by atoms with Crippen LogP contribution in [-0.4, -0.2) is 34.7 Å². The highest BCUT2D eigenvalue weighted by molar-refractivity contribution is 7.71. The van der Waals surface area contributed by atoms with Crippen LogP contribution in [0.25, 0.3) is 11.2 Å². The summed E-state index contributed by atoms with van der Waals surface area (Å²) in [6.07, 6.45) is 19.2. The van der Waals surface area contributed by atoms with Crippen LogP contribution in [0.2, 0.25) is 0 Å². The van der Waals surface area contributed by atoms with Crippen molar-refractivity contribution in [3.8, 4) is 0 Å². The lowest BCUT2D eigenvalue weighted by atomic mass is 9.69. The largest absolute Gasteiger partial charge is 0.369 e. The van der Waals surface area contributed by atoms with Gasteiger partial charge < -0.3 is 14.9 Å². The molecular formula is C29H38N8OS. The minimum Gasteiger partial charge on any atom is -0.369 e. The summed E-state index contributed by atoms with van der Waals surface area (Å²) in [6, 6.07) is 0.397. The minimum atomic E-state index is -0.300. The van der Waals surface area contributed by atoms with Crippen LogP contribution in [-0.2, 0) is 11.8 Å². The van der Waals surface area contributed by atoms with Crippen molar-refractivity contribution < 1.29 is 4.79 Å². The van der Waals surface area contributed by atoms with Crippen molar-refractivity contribution in [2.45, 2.75) is 66.3 Å². The monoisotopic (exact) mass is 546 g/mol. The molecular weight excluding hydrogens is 508 g/mol. The summed E-state index contributed by atoms with van der Waals surface area (Å²) >= 11 is 5.36. The van der Waals surface area contributed by atoms with E-state index in [1.165, 1.54) is 34.6 Å². The maximum absolute atomic E-state index is 12.6. The number of carbonyl (C=O) groups is 1. The molecule has 9 nitrogen and oxygen atoms in total. The summed E-state index contributed by atoms with van der Waals surface area (Å²) in [6.45, 7) is 11.1. The second kappa shape index (κ2) is 11.5. The molecule has 0 spiro atoms. The first kappa shape index (κ1) is 28.2. The van der Waals surface area contributed by atoms with E-state index in [0.717, 1.165) is 24.8 Å². The molecule has 1 aliphatic carbocycles. The van der Waals surface area contributed by atoms with Gasteiger partial charge in [-0.3, -0.25) is 10.2 Å². The number of rotatable bonds is 8. The topological polar surface area (TPSA) is 109 Å². The lowest BCUT2D eigenvalue weighted by Crippen LogP contribution is -2.26. The normalized spacial score (nSPS) is 18.4. The summed E-state index contributed by atoms with van der Waals surface area (Å²) in [5, 5.41) is 0. The van der Waals surface area contributed by atoms with E-state index in [1.54, 1.807) is 17.2 Å². The molecule has 4 rings (SSSR count). The average Bonchev–Trinajstić information content (AvgIpc) is 3.53. The Morgan fingerprint density at radius 2 is 2.08 bits per heavy atom. The summed E-state index contributed by atoms with van der Waals surface area (Å²) in [4.78, 5) is 25.4. The van der Waals surface area contributed by atoms with Crippen molar-refractivity contribution >= 4 is 35.2 Å². The molecule has 3 N–H and O–H groups in total. The molecule has 1 unspecified atom stereocenters. The number of aromatic nitrogens is 6. The summed E-state index contributed by atoms with van der Waals surface area (Å²) in [5.74, 6) is -0.0529. The Morgan fingerprint density at radius 3 is 2.79 bits per heavy atom. The van der Waals surface area contributed by atoms with Crippen LogP contribution in [0.4, 0.5) is 5.95 Å². The number of nitrogen functional groups attached to an aromatic ring is 1. The molecule has 1 amide bonds. The van der Waals surface area contributed by atoms with Gasteiger partial charge in [0.2, 0.25) is 5.95 Å². The van der Waals surface area contributed by atoms with Crippen molar-refractivity contribution in [1.82, 2.24) is 28.8 Å². The number of hydrogen-bond acceptors (Lipinski definition) is 6. The highest BCUT2D eigenvalue weighted by atomic mass is 32.1. The van der Waals surface area contributed by atoms with Gasteiger partial charge in [-0.15, -0.1) is 0 Å². The lowest BCUT2D eigenvalue weighted by molar-refractivity contribution is -0.112. The fourth-order valence-electron chi connectivity index (χ4n) is 5.27. The first-order valence-corrected chi connectivity index (χ1v) is 13.6. The van der Waals surface area contributed by atoms with Gasteiger partial charge in [0.15, 0.2) is 5.65 Å². The highest BCUT2D eigenvalue weighted by Crippen LogP contribution is 2.46. The third kappa shape index (κ3) is 6.27. The number of amides is 1. The molecule has 1 atom stereocenters. The number of allylic oxidation sites excluding steroid dienone is 7. The van der Waals surface area contributed by atoms with Crippen LogP contribution in [0.5, 0.6) is 0 Å². The first-order valence-electron chi connectivity index (χ1n) is 13.2. The van der Waals surface area contributed by atoms with Crippen molar-refractivity contribution in [2.24, 2.45) is 12.5 Å². The first-order chi connectivity index (χ1) is 18.5. The van der Waals surface area contributed by atoms with Gasteiger partial charge in [0, 0.05) is 25.5 Å². The van der Waals surface area contributed by atoms with E-state index >= 15 is 0 Å². The van der Waals surface area contributed by atoms with E-state index in [4.69, 9.17) is 18.0 Å². The molecule has 0 aliphatic heterocycles. The van der Waals surface area contributed by atoms with Gasteiger partial charge in [0.25, 0.3) is 5.91 Å². The van der Waals surface area contributed by atoms with Crippen LogP contribution in [0.1, 0.15) is 66.3 Å². The van der Waals surface area contributed by atoms with Crippen LogP contribution >= 0.6 is 12.2 Å². The van der Waals surface area contributed by atoms with E-state index in [0.29, 0.717) is 21.8 Å². The zero-order chi connectivity index (χ0) is 28.3. The number of imidazole rings is 2. The molecule has 0 saturated carbocycles. The highest BCUT2D eigenvalue weighted by Gasteiger charge is 2.33. The Balaban J connectivity index is 1.38. The van der Waals surface area contributed by atoms with Crippen LogP contribution in [0, 0.1) is 10.1 Å². The average molecular weight is 547 g/mol. The van der Waals surface area contributed by atoms with Gasteiger partial charge in [-0.1, -0.05) is 61.0 Å². The smallest absolute Gasteiger partial charge is 0.263 e. The fraction of sp³-hybridized carbons (Fsp3) is 0.414. The predicted molar refractivity (Wildman–Crippen MR) is 159 cm³/mol. The van der Waals surface area contributed by atoms with Crippen molar-refractivity contribution in [3.05, 3.63) is 76.3 Å². The zero-order valence-electron chi connectivity index (χ0n) is 23.6. The Kier molecular flexibility index (Phi) is 8.34. The Labute approximate surface area is 234 Å². The van der Waals surface area contributed by atoms with E-state index in [1.807, 2.05) is 31.6 Å². The number of anilines is 1. The van der Waals surface area contributed by atoms with E-state index in [2.05, 4.69) is 64.9 Å². The third-order valence-corrected chi connectivity index (χ3v) is 8.10. The van der Waals surface area contributed by atoms with Gasteiger partial charge >= 0.3 is 0 Å². The van der Waals surface area contributed by atoms with Crippen molar-refractivity contribution in [2.75, 3.05) is 11.2 Å². The molecule has 1 aliphatic rings. The summed E-state index contributed by atoms with van der Waals surface area (Å²) < 4.78 is 5.70. The predicted octanol–water partition coefficient (Wildman–Crippen LogP) is 5.95. The van der Waals surface area contributed by atoms with Crippen LogP contribution in [0.15, 0.2) is 71.6 Å². The van der Waals surface area contributed by atoms with E-state index in [-0.39, 0.29) is 17.3 Å². The van der Waals surface area contributed by atoms with Crippen LogP contribution in [0.3, 0.4) is 0 Å². The van der Waals surface area contributed by atoms with Gasteiger partial charge in [-0.05, 0) is 57.4 Å². The fourth-order valence-corrected chi connectivity index (χ4v) is 5.50. The standard InChI is InChI=1S/C29H38N8OS/c1-19(10-11-22-21(3)23(12-13-29(22,4)5)36-15-14-31-17-36)8-7-9-20(2)16-24(38)34-37-18-32-25-26(37)33-28(30)35(6)27(25)39/h7-9,14-18,23H,10-13H2,1-6H3,(H2,30,33)(H,34,38). The Hall–Kier alpha value is -3.79. The lowest BCUT2D eigenvalue weighted by Gasteiger charge is -2.39. The second-order valence-electron chi connectivity index (χ2n) is 11.0. The number of nitrogens with two attached hydrogens (primary N) is 1. The molecule has 0 saturated heterocycles. The quantitative estimate of drug-likeness (QED) is 0.156. The molecule has 3 aromatic heterocycles.